The highest BCUT2D eigenvalue weighted by molar-refractivity contribution is 5.43. The highest BCUT2D eigenvalue weighted by Gasteiger charge is 2.17. The van der Waals surface area contributed by atoms with Gasteiger partial charge in [0.1, 0.15) is 24.0 Å². The monoisotopic (exact) mass is 304 g/mol. The number of hydrogen-bond donors (Lipinski definition) is 0. The van der Waals surface area contributed by atoms with Crippen LogP contribution in [0.5, 0.6) is 5.75 Å². The summed E-state index contributed by atoms with van der Waals surface area (Å²) >= 11 is 0. The first-order chi connectivity index (χ1) is 11.2. The molecule has 23 heavy (non-hydrogen) atoms. The van der Waals surface area contributed by atoms with Crippen molar-refractivity contribution in [1.82, 2.24) is 14.8 Å². The van der Waals surface area contributed by atoms with E-state index >= 15 is 0 Å². The first kappa shape index (κ1) is 14.8. The lowest BCUT2D eigenvalue weighted by Crippen LogP contribution is -2.07. The number of para-hydroxylation sites is 1. The van der Waals surface area contributed by atoms with E-state index < -0.39 is 0 Å². The molecular weight excluding hydrogens is 288 g/mol. The Morgan fingerprint density at radius 1 is 1.17 bits per heavy atom. The van der Waals surface area contributed by atoms with Crippen molar-refractivity contribution >= 4 is 0 Å². The zero-order valence-corrected chi connectivity index (χ0v) is 13.0. The molecule has 0 aliphatic carbocycles. The van der Waals surface area contributed by atoms with Gasteiger partial charge in [-0.2, -0.15) is 10.4 Å². The molecule has 0 fully saturated rings. The van der Waals surface area contributed by atoms with E-state index in [0.717, 1.165) is 16.9 Å². The van der Waals surface area contributed by atoms with Crippen molar-refractivity contribution in [2.45, 2.75) is 20.5 Å². The van der Waals surface area contributed by atoms with Crippen LogP contribution < -0.4 is 4.74 Å². The molecule has 3 rings (SSSR count). The first-order valence-electron chi connectivity index (χ1n) is 7.28. The lowest BCUT2D eigenvalue weighted by Gasteiger charge is -2.11. The fraction of sp³-hybridized carbons (Fsp3) is 0.167. The molecule has 1 aromatic carbocycles. The van der Waals surface area contributed by atoms with Crippen LogP contribution >= 0.6 is 0 Å². The number of ether oxygens (including phenoxy) is 1. The summed E-state index contributed by atoms with van der Waals surface area (Å²) in [6.45, 7) is 4.05. The van der Waals surface area contributed by atoms with E-state index in [-0.39, 0.29) is 6.61 Å². The van der Waals surface area contributed by atoms with Crippen molar-refractivity contribution in [3.05, 3.63) is 71.3 Å². The van der Waals surface area contributed by atoms with Gasteiger partial charge in [0.05, 0.1) is 23.3 Å². The van der Waals surface area contributed by atoms with Gasteiger partial charge < -0.3 is 4.74 Å². The third kappa shape index (κ3) is 2.92. The van der Waals surface area contributed by atoms with Crippen LogP contribution in [-0.4, -0.2) is 14.8 Å². The minimum Gasteiger partial charge on any atom is -0.485 e. The number of aromatic nitrogens is 3. The summed E-state index contributed by atoms with van der Waals surface area (Å²) in [5, 5.41) is 13.9. The van der Waals surface area contributed by atoms with Crippen LogP contribution in [0, 0.1) is 25.2 Å². The zero-order valence-electron chi connectivity index (χ0n) is 13.0. The predicted molar refractivity (Wildman–Crippen MR) is 86.3 cm³/mol. The summed E-state index contributed by atoms with van der Waals surface area (Å²) < 4.78 is 7.63. The molecular formula is C18H16N4O. The molecule has 3 aromatic rings. The maximum absolute atomic E-state index is 9.44. The lowest BCUT2D eigenvalue weighted by molar-refractivity contribution is 0.294. The van der Waals surface area contributed by atoms with Crippen LogP contribution in [0.25, 0.3) is 5.69 Å². The van der Waals surface area contributed by atoms with Crippen molar-refractivity contribution < 1.29 is 4.74 Å². The Morgan fingerprint density at radius 3 is 2.65 bits per heavy atom. The fourth-order valence-corrected chi connectivity index (χ4v) is 2.38. The van der Waals surface area contributed by atoms with Gasteiger partial charge in [0, 0.05) is 6.20 Å². The minimum atomic E-state index is 0.255. The maximum Gasteiger partial charge on any atom is 0.141 e. The van der Waals surface area contributed by atoms with Gasteiger partial charge in [0.25, 0.3) is 0 Å². The molecule has 0 aliphatic rings. The predicted octanol–water partition coefficient (Wildman–Crippen LogP) is 3.33. The summed E-state index contributed by atoms with van der Waals surface area (Å²) in [5.41, 5.74) is 3.88. The lowest BCUT2D eigenvalue weighted by atomic mass is 10.2. The molecule has 2 aromatic heterocycles. The van der Waals surface area contributed by atoms with E-state index in [1.54, 1.807) is 17.1 Å². The van der Waals surface area contributed by atoms with Gasteiger partial charge in [-0.05, 0) is 37.6 Å². The Kier molecular flexibility index (Phi) is 4.07. The number of nitriles is 1. The Balaban J connectivity index is 1.98. The average molecular weight is 304 g/mol. The topological polar surface area (TPSA) is 63.7 Å². The molecule has 2 heterocycles. The molecule has 0 aliphatic heterocycles. The molecule has 0 N–H and O–H groups in total. The van der Waals surface area contributed by atoms with Crippen LogP contribution in [0.3, 0.4) is 0 Å². The number of pyridine rings is 1. The summed E-state index contributed by atoms with van der Waals surface area (Å²) in [5.74, 6) is 0.704. The summed E-state index contributed by atoms with van der Waals surface area (Å²) in [7, 11) is 0. The van der Waals surface area contributed by atoms with E-state index in [0.29, 0.717) is 17.0 Å². The van der Waals surface area contributed by atoms with Crippen LogP contribution in [-0.2, 0) is 6.61 Å². The summed E-state index contributed by atoms with van der Waals surface area (Å²) in [6, 6.07) is 13.8. The van der Waals surface area contributed by atoms with Gasteiger partial charge in [-0.25, -0.2) is 4.68 Å². The van der Waals surface area contributed by atoms with Crippen molar-refractivity contribution in [2.75, 3.05) is 0 Å². The van der Waals surface area contributed by atoms with E-state index in [4.69, 9.17) is 4.74 Å². The van der Waals surface area contributed by atoms with Gasteiger partial charge in [-0.15, -0.1) is 0 Å². The largest absolute Gasteiger partial charge is 0.485 e. The van der Waals surface area contributed by atoms with E-state index in [9.17, 15) is 5.26 Å². The van der Waals surface area contributed by atoms with Crippen molar-refractivity contribution in [1.29, 1.82) is 5.26 Å². The Labute approximate surface area is 134 Å². The van der Waals surface area contributed by atoms with Crippen LogP contribution in [0.4, 0.5) is 0 Å². The van der Waals surface area contributed by atoms with Gasteiger partial charge in [-0.1, -0.05) is 18.2 Å². The molecule has 0 atom stereocenters. The van der Waals surface area contributed by atoms with Crippen LogP contribution in [0.2, 0.25) is 0 Å². The third-order valence-electron chi connectivity index (χ3n) is 3.62. The molecule has 0 saturated heterocycles. The molecule has 0 spiro atoms. The fourth-order valence-electron chi connectivity index (χ4n) is 2.38. The number of aryl methyl sites for hydroxylation is 2. The molecule has 0 bridgehead atoms. The Bertz CT molecular complexity index is 862. The molecule has 0 radical (unpaired) electrons. The van der Waals surface area contributed by atoms with Gasteiger partial charge in [-0.3, -0.25) is 4.98 Å². The second kappa shape index (κ2) is 6.32. The number of benzene rings is 1. The summed E-state index contributed by atoms with van der Waals surface area (Å²) in [6.07, 6.45) is 3.40. The molecule has 0 unspecified atom stereocenters. The number of rotatable bonds is 4. The van der Waals surface area contributed by atoms with Crippen LogP contribution in [0.1, 0.15) is 22.5 Å². The highest BCUT2D eigenvalue weighted by Crippen LogP contribution is 2.21. The van der Waals surface area contributed by atoms with Gasteiger partial charge >= 0.3 is 0 Å². The molecule has 5 heteroatoms. The maximum atomic E-state index is 9.44. The second-order valence-electron chi connectivity index (χ2n) is 5.20. The zero-order chi connectivity index (χ0) is 16.2. The van der Waals surface area contributed by atoms with Crippen molar-refractivity contribution in [2.24, 2.45) is 0 Å². The molecule has 0 saturated carbocycles. The summed E-state index contributed by atoms with van der Waals surface area (Å²) in [4.78, 5) is 4.07. The van der Waals surface area contributed by atoms with Gasteiger partial charge in [0.2, 0.25) is 0 Å². The molecule has 0 amide bonds. The second-order valence-corrected chi connectivity index (χ2v) is 5.20. The minimum absolute atomic E-state index is 0.255. The Morgan fingerprint density at radius 2 is 1.96 bits per heavy atom. The quantitative estimate of drug-likeness (QED) is 0.741. The van der Waals surface area contributed by atoms with Crippen LogP contribution in [0.15, 0.2) is 48.8 Å². The first-order valence-corrected chi connectivity index (χ1v) is 7.28. The van der Waals surface area contributed by atoms with Crippen molar-refractivity contribution in [3.63, 3.8) is 0 Å². The normalized spacial score (nSPS) is 10.3. The highest BCUT2D eigenvalue weighted by atomic mass is 16.5. The van der Waals surface area contributed by atoms with Gasteiger partial charge in [0.15, 0.2) is 0 Å². The Hall–Kier alpha value is -3.13. The standard InChI is InChI=1S/C18H16N4O/c1-13-8-9-20-11-18(13)23-12-17-16(10-19)14(2)21-22(17)15-6-4-3-5-7-15/h3-9,11H,12H2,1-2H3. The average Bonchev–Trinajstić information content (AvgIpc) is 2.90. The SMILES string of the molecule is Cc1ccncc1OCc1c(C#N)c(C)nn1-c1ccccc1. The third-order valence-corrected chi connectivity index (χ3v) is 3.62. The van der Waals surface area contributed by atoms with E-state index in [1.807, 2.05) is 50.2 Å². The molecule has 114 valence electrons. The van der Waals surface area contributed by atoms with E-state index in [1.165, 1.54) is 0 Å². The molecule has 5 nitrogen and oxygen atoms in total. The number of nitrogens with zero attached hydrogens (tertiary/aromatic N) is 4. The smallest absolute Gasteiger partial charge is 0.141 e. The van der Waals surface area contributed by atoms with E-state index in [2.05, 4.69) is 16.2 Å². The number of hydrogen-bond acceptors (Lipinski definition) is 4. The van der Waals surface area contributed by atoms with Crippen molar-refractivity contribution in [3.8, 4) is 17.5 Å².